The number of imidazole rings is 1. The first-order chi connectivity index (χ1) is 10.2. The van der Waals surface area contributed by atoms with Gasteiger partial charge in [0.15, 0.2) is 0 Å². The van der Waals surface area contributed by atoms with Gasteiger partial charge in [-0.2, -0.15) is 5.10 Å². The van der Waals surface area contributed by atoms with Gasteiger partial charge in [-0.3, -0.25) is 4.79 Å². The molecule has 0 saturated carbocycles. The number of pyridine rings is 1. The van der Waals surface area contributed by atoms with Gasteiger partial charge in [-0.25, -0.2) is 10.4 Å². The zero-order valence-electron chi connectivity index (χ0n) is 10.9. The number of carbonyl (C=O) groups is 1. The molecule has 21 heavy (non-hydrogen) atoms. The van der Waals surface area contributed by atoms with E-state index in [4.69, 9.17) is 11.6 Å². The molecule has 0 bridgehead atoms. The molecule has 3 rings (SSSR count). The summed E-state index contributed by atoms with van der Waals surface area (Å²) in [6, 6.07) is 10.6. The van der Waals surface area contributed by atoms with Gasteiger partial charge in [0.2, 0.25) is 0 Å². The van der Waals surface area contributed by atoms with E-state index < -0.39 is 0 Å². The number of hydrogen-bond donors (Lipinski definition) is 1. The lowest BCUT2D eigenvalue weighted by Crippen LogP contribution is -2.17. The van der Waals surface area contributed by atoms with Crippen LogP contribution in [0.5, 0.6) is 0 Å². The summed E-state index contributed by atoms with van der Waals surface area (Å²) in [5.74, 6) is -0.286. The molecule has 0 spiro atoms. The van der Waals surface area contributed by atoms with E-state index in [1.165, 1.54) is 0 Å². The minimum atomic E-state index is -0.286. The number of carbonyl (C=O) groups excluding carboxylic acids is 1. The summed E-state index contributed by atoms with van der Waals surface area (Å²) in [4.78, 5) is 16.1. The molecule has 0 unspecified atom stereocenters. The Morgan fingerprint density at radius 1 is 1.24 bits per heavy atom. The SMILES string of the molecule is O=C(N/N=C\c1ccc(Cl)cc1)c1ccn2ccnc2c1. The molecule has 104 valence electrons. The van der Waals surface area contributed by atoms with Crippen LogP contribution in [0.25, 0.3) is 5.65 Å². The van der Waals surface area contributed by atoms with Crippen molar-refractivity contribution in [1.82, 2.24) is 14.8 Å². The average molecular weight is 299 g/mol. The number of nitrogens with one attached hydrogen (secondary N) is 1. The molecule has 1 aromatic carbocycles. The van der Waals surface area contributed by atoms with Gasteiger partial charge >= 0.3 is 0 Å². The van der Waals surface area contributed by atoms with Gasteiger partial charge in [-0.15, -0.1) is 0 Å². The molecular formula is C15H11ClN4O. The zero-order chi connectivity index (χ0) is 14.7. The summed E-state index contributed by atoms with van der Waals surface area (Å²) in [6.07, 6.45) is 6.83. The standard InChI is InChI=1S/C15H11ClN4O/c16-13-3-1-11(2-4-13)10-18-19-15(21)12-5-7-20-8-6-17-14(20)9-12/h1-10H,(H,19,21)/b18-10-. The van der Waals surface area contributed by atoms with Crippen molar-refractivity contribution in [3.05, 3.63) is 71.1 Å². The van der Waals surface area contributed by atoms with Crippen molar-refractivity contribution >= 4 is 29.4 Å². The fraction of sp³-hybridized carbons (Fsp3) is 0. The minimum Gasteiger partial charge on any atom is -0.307 e. The highest BCUT2D eigenvalue weighted by molar-refractivity contribution is 6.30. The second-order valence-corrected chi connectivity index (χ2v) is 4.80. The quantitative estimate of drug-likeness (QED) is 0.597. The van der Waals surface area contributed by atoms with Gasteiger partial charge in [-0.1, -0.05) is 23.7 Å². The molecule has 0 atom stereocenters. The molecule has 3 aromatic rings. The van der Waals surface area contributed by atoms with E-state index >= 15 is 0 Å². The van der Waals surface area contributed by atoms with Crippen molar-refractivity contribution in [2.45, 2.75) is 0 Å². The number of aromatic nitrogens is 2. The Morgan fingerprint density at radius 2 is 2.05 bits per heavy atom. The Kier molecular flexibility index (Phi) is 3.66. The van der Waals surface area contributed by atoms with E-state index in [2.05, 4.69) is 15.5 Å². The van der Waals surface area contributed by atoms with Crippen molar-refractivity contribution < 1.29 is 4.79 Å². The first kappa shape index (κ1) is 13.3. The van der Waals surface area contributed by atoms with E-state index in [1.54, 1.807) is 42.9 Å². The highest BCUT2D eigenvalue weighted by Gasteiger charge is 2.05. The number of halogens is 1. The van der Waals surface area contributed by atoms with Gasteiger partial charge < -0.3 is 4.40 Å². The highest BCUT2D eigenvalue weighted by Crippen LogP contribution is 2.08. The lowest BCUT2D eigenvalue weighted by atomic mass is 10.2. The topological polar surface area (TPSA) is 58.8 Å². The van der Waals surface area contributed by atoms with Crippen LogP contribution in [0.3, 0.4) is 0 Å². The Morgan fingerprint density at radius 3 is 2.86 bits per heavy atom. The van der Waals surface area contributed by atoms with Gasteiger partial charge in [0.1, 0.15) is 5.65 Å². The third kappa shape index (κ3) is 3.09. The Bertz CT molecular complexity index is 808. The number of fused-ring (bicyclic) bond motifs is 1. The summed E-state index contributed by atoms with van der Waals surface area (Å²) in [6.45, 7) is 0. The van der Waals surface area contributed by atoms with Crippen LogP contribution in [-0.4, -0.2) is 21.5 Å². The maximum atomic E-state index is 12.0. The van der Waals surface area contributed by atoms with Gasteiger partial charge in [0.25, 0.3) is 5.91 Å². The second-order valence-electron chi connectivity index (χ2n) is 4.36. The summed E-state index contributed by atoms with van der Waals surface area (Å²) in [5.41, 5.74) is 4.54. The van der Waals surface area contributed by atoms with Crippen LogP contribution in [0.4, 0.5) is 0 Å². The maximum absolute atomic E-state index is 12.0. The lowest BCUT2D eigenvalue weighted by molar-refractivity contribution is 0.0955. The minimum absolute atomic E-state index is 0.286. The van der Waals surface area contributed by atoms with Crippen LogP contribution in [0.2, 0.25) is 5.02 Å². The summed E-state index contributed by atoms with van der Waals surface area (Å²) < 4.78 is 1.83. The van der Waals surface area contributed by atoms with Crippen LogP contribution in [0.15, 0.2) is 60.1 Å². The van der Waals surface area contributed by atoms with E-state index in [0.717, 1.165) is 5.56 Å². The van der Waals surface area contributed by atoms with E-state index in [0.29, 0.717) is 16.2 Å². The van der Waals surface area contributed by atoms with Crippen molar-refractivity contribution in [1.29, 1.82) is 0 Å². The average Bonchev–Trinajstić information content (AvgIpc) is 2.96. The molecule has 0 aliphatic heterocycles. The van der Waals surface area contributed by atoms with Crippen molar-refractivity contribution in [2.75, 3.05) is 0 Å². The normalized spacial score (nSPS) is 11.1. The Labute approximate surface area is 125 Å². The predicted molar refractivity (Wildman–Crippen MR) is 81.7 cm³/mol. The molecule has 5 nitrogen and oxygen atoms in total. The fourth-order valence-corrected chi connectivity index (χ4v) is 1.96. The lowest BCUT2D eigenvalue weighted by Gasteiger charge is -2.00. The number of benzene rings is 1. The summed E-state index contributed by atoms with van der Waals surface area (Å²) >= 11 is 5.79. The van der Waals surface area contributed by atoms with Crippen LogP contribution in [0.1, 0.15) is 15.9 Å². The number of nitrogens with zero attached hydrogens (tertiary/aromatic N) is 3. The molecule has 0 aliphatic rings. The second kappa shape index (κ2) is 5.76. The van der Waals surface area contributed by atoms with Crippen molar-refractivity contribution in [3.8, 4) is 0 Å². The fourth-order valence-electron chi connectivity index (χ4n) is 1.83. The number of hydrazone groups is 1. The van der Waals surface area contributed by atoms with Crippen LogP contribution >= 0.6 is 11.6 Å². The molecule has 0 saturated heterocycles. The first-order valence-electron chi connectivity index (χ1n) is 6.24. The summed E-state index contributed by atoms with van der Waals surface area (Å²) in [5, 5.41) is 4.58. The van der Waals surface area contributed by atoms with Crippen molar-refractivity contribution in [3.63, 3.8) is 0 Å². The number of rotatable bonds is 3. The zero-order valence-corrected chi connectivity index (χ0v) is 11.7. The Balaban J connectivity index is 1.69. The predicted octanol–water partition coefficient (Wildman–Crippen LogP) is 2.75. The molecule has 0 fully saturated rings. The third-order valence-electron chi connectivity index (χ3n) is 2.91. The first-order valence-corrected chi connectivity index (χ1v) is 6.62. The smallest absolute Gasteiger partial charge is 0.271 e. The van der Waals surface area contributed by atoms with Crippen LogP contribution < -0.4 is 5.43 Å². The van der Waals surface area contributed by atoms with E-state index in [-0.39, 0.29) is 5.91 Å². The highest BCUT2D eigenvalue weighted by atomic mass is 35.5. The Hall–Kier alpha value is -2.66. The largest absolute Gasteiger partial charge is 0.307 e. The molecule has 1 amide bonds. The molecule has 0 radical (unpaired) electrons. The molecular weight excluding hydrogens is 288 g/mol. The molecule has 2 aromatic heterocycles. The summed E-state index contributed by atoms with van der Waals surface area (Å²) in [7, 11) is 0. The van der Waals surface area contributed by atoms with Gasteiger partial charge in [0, 0.05) is 29.2 Å². The van der Waals surface area contributed by atoms with Crippen LogP contribution in [0, 0.1) is 0 Å². The molecule has 1 N–H and O–H groups in total. The number of hydrogen-bond acceptors (Lipinski definition) is 3. The molecule has 0 aliphatic carbocycles. The van der Waals surface area contributed by atoms with Gasteiger partial charge in [-0.05, 0) is 29.8 Å². The molecule has 6 heteroatoms. The number of amides is 1. The van der Waals surface area contributed by atoms with Crippen molar-refractivity contribution in [2.24, 2.45) is 5.10 Å². The monoisotopic (exact) mass is 298 g/mol. The van der Waals surface area contributed by atoms with E-state index in [9.17, 15) is 4.79 Å². The van der Waals surface area contributed by atoms with Gasteiger partial charge in [0.05, 0.1) is 6.21 Å². The maximum Gasteiger partial charge on any atom is 0.271 e. The molecule has 2 heterocycles. The van der Waals surface area contributed by atoms with E-state index in [1.807, 2.05) is 22.7 Å². The van der Waals surface area contributed by atoms with Crippen LogP contribution in [-0.2, 0) is 0 Å². The third-order valence-corrected chi connectivity index (χ3v) is 3.16.